The molecular formula is C34H52F3N5O6. The molecule has 14 heteroatoms. The van der Waals surface area contributed by atoms with Gasteiger partial charge in [-0.3, -0.25) is 24.0 Å². The number of piperidine rings is 1. The Hall–Kier alpha value is -3.19. The SMILES string of the molecule is CCCC(NC(=O)[C@@H]1[C@@H]2[C@H](CN1C(=O)[C@@H](NC(=O)N[C@H](C(=O)C1CC1)C1CCCCC1)C(C)(C)C)C2(C)C)C(=O)C(=O)NCC(F)(F)F. The van der Waals surface area contributed by atoms with Gasteiger partial charge in [-0.15, -0.1) is 0 Å². The first-order valence-corrected chi connectivity index (χ1v) is 17.4. The summed E-state index contributed by atoms with van der Waals surface area (Å²) in [6.45, 7) is 9.55. The highest BCUT2D eigenvalue weighted by atomic mass is 19.4. The minimum Gasteiger partial charge on any atom is -0.344 e. The van der Waals surface area contributed by atoms with Crippen molar-refractivity contribution < 1.29 is 41.9 Å². The third-order valence-electron chi connectivity index (χ3n) is 10.7. The van der Waals surface area contributed by atoms with Crippen molar-refractivity contribution in [2.24, 2.45) is 34.5 Å². The molecule has 5 amide bonds. The van der Waals surface area contributed by atoms with E-state index in [9.17, 15) is 41.9 Å². The molecule has 0 aromatic heterocycles. The molecule has 3 saturated carbocycles. The Balaban J connectivity index is 1.50. The first-order chi connectivity index (χ1) is 22.3. The zero-order valence-corrected chi connectivity index (χ0v) is 28.9. The van der Waals surface area contributed by atoms with E-state index in [0.717, 1.165) is 44.9 Å². The predicted octanol–water partition coefficient (Wildman–Crippen LogP) is 3.64. The van der Waals surface area contributed by atoms with E-state index in [1.54, 1.807) is 33.0 Å². The van der Waals surface area contributed by atoms with Crippen molar-refractivity contribution in [3.8, 4) is 0 Å². The lowest BCUT2D eigenvalue weighted by Gasteiger charge is -2.38. The summed E-state index contributed by atoms with van der Waals surface area (Å²) in [5.74, 6) is -4.09. The molecule has 1 aliphatic heterocycles. The summed E-state index contributed by atoms with van der Waals surface area (Å²) in [7, 11) is 0. The fraction of sp³-hybridized carbons (Fsp3) is 0.824. The zero-order chi connectivity index (χ0) is 35.8. The number of halogens is 3. The monoisotopic (exact) mass is 683 g/mol. The normalized spacial score (nSPS) is 25.6. The fourth-order valence-corrected chi connectivity index (χ4v) is 7.69. The number of hydrogen-bond acceptors (Lipinski definition) is 6. The molecule has 1 unspecified atom stereocenters. The average Bonchev–Trinajstić information content (AvgIpc) is 3.89. The van der Waals surface area contributed by atoms with E-state index in [1.165, 1.54) is 4.90 Å². The molecule has 11 nitrogen and oxygen atoms in total. The van der Waals surface area contributed by atoms with Crippen LogP contribution in [0, 0.1) is 34.5 Å². The molecule has 1 saturated heterocycles. The number of alkyl halides is 3. The van der Waals surface area contributed by atoms with Crippen LogP contribution in [0.1, 0.15) is 99.3 Å². The van der Waals surface area contributed by atoms with Crippen molar-refractivity contribution in [1.29, 1.82) is 0 Å². The highest BCUT2D eigenvalue weighted by Crippen LogP contribution is 2.65. The molecule has 4 fully saturated rings. The average molecular weight is 684 g/mol. The summed E-state index contributed by atoms with van der Waals surface area (Å²) in [6, 6.07) is -4.73. The van der Waals surface area contributed by atoms with E-state index in [-0.39, 0.29) is 47.8 Å². The molecule has 4 aliphatic rings. The van der Waals surface area contributed by atoms with Gasteiger partial charge in [0, 0.05) is 12.5 Å². The van der Waals surface area contributed by atoms with Crippen LogP contribution in [0.3, 0.4) is 0 Å². The van der Waals surface area contributed by atoms with Crippen LogP contribution >= 0.6 is 0 Å². The standard InChI is InChI=1S/C34H52F3N5O6/c1-7-11-21(26(44)29(46)38-17-34(35,36)37)39-28(45)24-22-20(33(22,5)6)16-42(24)30(47)27(32(2,3)4)41-31(48)40-23(25(43)19-14-15-19)18-12-9-8-10-13-18/h18-24,27H,7-17H2,1-6H3,(H,38,46)(H,39,45)(H2,40,41,48)/t20-,21?,22-,23-,24-,27+/m0/s1. The van der Waals surface area contributed by atoms with Crippen molar-refractivity contribution in [2.45, 2.75) is 130 Å². The number of rotatable bonds is 13. The molecule has 0 spiro atoms. The van der Waals surface area contributed by atoms with Gasteiger partial charge in [-0.05, 0) is 60.7 Å². The number of carbonyl (C=O) groups is 6. The maximum absolute atomic E-state index is 14.3. The van der Waals surface area contributed by atoms with Crippen molar-refractivity contribution in [2.75, 3.05) is 13.1 Å². The van der Waals surface area contributed by atoms with Crippen LogP contribution in [0.25, 0.3) is 0 Å². The Morgan fingerprint density at radius 3 is 2.06 bits per heavy atom. The lowest BCUT2D eigenvalue weighted by Crippen LogP contribution is -2.62. The molecule has 0 bridgehead atoms. The van der Waals surface area contributed by atoms with Gasteiger partial charge in [-0.25, -0.2) is 4.79 Å². The van der Waals surface area contributed by atoms with Crippen LogP contribution < -0.4 is 21.3 Å². The second-order valence-corrected chi connectivity index (χ2v) is 15.9. The number of Topliss-reactive ketones (excluding diaryl/α,β-unsaturated/α-hetero) is 2. The van der Waals surface area contributed by atoms with Crippen LogP contribution in [-0.4, -0.2) is 83.7 Å². The van der Waals surface area contributed by atoms with Gasteiger partial charge >= 0.3 is 12.2 Å². The quantitative estimate of drug-likeness (QED) is 0.218. The Bertz CT molecular complexity index is 1270. The number of carbonyl (C=O) groups excluding carboxylic acids is 6. The van der Waals surface area contributed by atoms with Gasteiger partial charge in [0.2, 0.25) is 17.6 Å². The maximum atomic E-state index is 14.3. The van der Waals surface area contributed by atoms with Crippen molar-refractivity contribution in [3.05, 3.63) is 0 Å². The van der Waals surface area contributed by atoms with Crippen LogP contribution in [0.15, 0.2) is 0 Å². The van der Waals surface area contributed by atoms with Gasteiger partial charge in [0.1, 0.15) is 18.6 Å². The Morgan fingerprint density at radius 1 is 0.896 bits per heavy atom. The topological polar surface area (TPSA) is 154 Å². The first kappa shape index (κ1) is 37.6. The number of amides is 5. The highest BCUT2D eigenvalue weighted by molar-refractivity contribution is 6.38. The number of likely N-dealkylation sites (tertiary alicyclic amines) is 1. The molecule has 0 aromatic carbocycles. The van der Waals surface area contributed by atoms with E-state index < -0.39 is 71.8 Å². The minimum absolute atomic E-state index is 0.0102. The Kier molecular flexibility index (Phi) is 11.2. The summed E-state index contributed by atoms with van der Waals surface area (Å²) in [5.41, 5.74) is -1.10. The van der Waals surface area contributed by atoms with Gasteiger partial charge in [-0.1, -0.05) is 67.2 Å². The zero-order valence-electron chi connectivity index (χ0n) is 28.9. The number of fused-ring (bicyclic) bond motifs is 1. The first-order valence-electron chi connectivity index (χ1n) is 17.4. The Morgan fingerprint density at radius 2 is 1.52 bits per heavy atom. The minimum atomic E-state index is -4.71. The summed E-state index contributed by atoms with van der Waals surface area (Å²) in [4.78, 5) is 81.4. The number of nitrogens with zero attached hydrogens (tertiary/aromatic N) is 1. The molecule has 1 heterocycles. The third kappa shape index (κ3) is 8.69. The van der Waals surface area contributed by atoms with Gasteiger partial charge in [0.25, 0.3) is 5.91 Å². The van der Waals surface area contributed by atoms with Crippen molar-refractivity contribution >= 4 is 35.3 Å². The lowest BCUT2D eigenvalue weighted by atomic mass is 9.81. The van der Waals surface area contributed by atoms with E-state index in [2.05, 4.69) is 16.0 Å². The van der Waals surface area contributed by atoms with Crippen molar-refractivity contribution in [3.63, 3.8) is 0 Å². The van der Waals surface area contributed by atoms with Gasteiger partial charge in [0.05, 0.1) is 12.1 Å². The molecule has 48 heavy (non-hydrogen) atoms. The highest BCUT2D eigenvalue weighted by Gasteiger charge is 2.70. The van der Waals surface area contributed by atoms with E-state index in [0.29, 0.717) is 6.42 Å². The number of urea groups is 1. The van der Waals surface area contributed by atoms with Crippen molar-refractivity contribution in [1.82, 2.24) is 26.2 Å². The molecule has 4 rings (SSSR count). The number of ketones is 2. The van der Waals surface area contributed by atoms with E-state index in [4.69, 9.17) is 0 Å². The lowest BCUT2D eigenvalue weighted by molar-refractivity contribution is -0.148. The maximum Gasteiger partial charge on any atom is 0.405 e. The van der Waals surface area contributed by atoms with Crippen LogP contribution in [-0.2, 0) is 24.0 Å². The molecule has 3 aliphatic carbocycles. The molecule has 0 aromatic rings. The van der Waals surface area contributed by atoms with Gasteiger partial charge in [-0.2, -0.15) is 13.2 Å². The number of nitrogens with one attached hydrogen (secondary N) is 4. The Labute approximate surface area is 280 Å². The fourth-order valence-electron chi connectivity index (χ4n) is 7.69. The van der Waals surface area contributed by atoms with Gasteiger partial charge < -0.3 is 26.2 Å². The van der Waals surface area contributed by atoms with Crippen LogP contribution in [0.2, 0.25) is 0 Å². The smallest absolute Gasteiger partial charge is 0.344 e. The van der Waals surface area contributed by atoms with E-state index in [1.807, 2.05) is 13.8 Å². The summed E-state index contributed by atoms with van der Waals surface area (Å²) >= 11 is 0. The molecule has 270 valence electrons. The molecule has 0 radical (unpaired) electrons. The van der Waals surface area contributed by atoms with Gasteiger partial charge in [0.15, 0.2) is 5.78 Å². The number of hydrogen-bond donors (Lipinski definition) is 4. The molecule has 4 N–H and O–H groups in total. The summed E-state index contributed by atoms with van der Waals surface area (Å²) in [6.07, 6.45) is 2.05. The summed E-state index contributed by atoms with van der Waals surface area (Å²) < 4.78 is 37.9. The molecular weight excluding hydrogens is 631 g/mol. The summed E-state index contributed by atoms with van der Waals surface area (Å²) in [5, 5.41) is 9.86. The third-order valence-corrected chi connectivity index (χ3v) is 10.7. The second kappa shape index (κ2) is 14.3. The second-order valence-electron chi connectivity index (χ2n) is 15.9. The van der Waals surface area contributed by atoms with Crippen LogP contribution in [0.5, 0.6) is 0 Å². The molecule has 6 atom stereocenters. The van der Waals surface area contributed by atoms with E-state index >= 15 is 0 Å². The largest absolute Gasteiger partial charge is 0.405 e. The van der Waals surface area contributed by atoms with Crippen LogP contribution in [0.4, 0.5) is 18.0 Å². The predicted molar refractivity (Wildman–Crippen MR) is 170 cm³/mol.